The number of anilines is 2. The summed E-state index contributed by atoms with van der Waals surface area (Å²) in [5, 5.41) is 8.73. The first-order valence-electron chi connectivity index (χ1n) is 5.60. The minimum atomic E-state index is -0.00276. The highest BCUT2D eigenvalue weighted by Gasteiger charge is 2.23. The molecule has 0 amide bonds. The standard InChI is InChI=1S/C12H18N2O2/c1-9(16-7-6-15)14-5-4-10-8-11(13)2-3-12(10)14/h2-3,8-9,15H,4-7,13H2,1H3. The average Bonchev–Trinajstić information content (AvgIpc) is 2.68. The fourth-order valence-corrected chi connectivity index (χ4v) is 2.14. The molecular formula is C12H18N2O2. The lowest BCUT2D eigenvalue weighted by atomic mass is 10.1. The van der Waals surface area contributed by atoms with Crippen LogP contribution in [0.15, 0.2) is 18.2 Å². The lowest BCUT2D eigenvalue weighted by molar-refractivity contribution is 0.0383. The second-order valence-electron chi connectivity index (χ2n) is 4.03. The van der Waals surface area contributed by atoms with Crippen molar-refractivity contribution in [2.24, 2.45) is 0 Å². The smallest absolute Gasteiger partial charge is 0.127 e. The molecule has 1 unspecified atom stereocenters. The molecule has 0 aliphatic carbocycles. The Balaban J connectivity index is 2.11. The Morgan fingerprint density at radius 1 is 1.56 bits per heavy atom. The van der Waals surface area contributed by atoms with Crippen molar-refractivity contribution in [1.82, 2.24) is 0 Å². The summed E-state index contributed by atoms with van der Waals surface area (Å²) in [5.74, 6) is 0. The van der Waals surface area contributed by atoms with E-state index in [1.165, 1.54) is 11.3 Å². The zero-order valence-corrected chi connectivity index (χ0v) is 9.52. The monoisotopic (exact) mass is 222 g/mol. The number of nitrogens with two attached hydrogens (primary N) is 1. The minimum absolute atomic E-state index is 0.00276. The molecule has 88 valence electrons. The van der Waals surface area contributed by atoms with Crippen molar-refractivity contribution < 1.29 is 9.84 Å². The molecule has 1 aromatic rings. The largest absolute Gasteiger partial charge is 0.399 e. The Morgan fingerprint density at radius 2 is 2.38 bits per heavy atom. The highest BCUT2D eigenvalue weighted by molar-refractivity contribution is 5.63. The van der Waals surface area contributed by atoms with Crippen LogP contribution in [0.4, 0.5) is 11.4 Å². The Bertz CT molecular complexity index is 368. The van der Waals surface area contributed by atoms with Crippen LogP contribution in [0.25, 0.3) is 0 Å². The third-order valence-corrected chi connectivity index (χ3v) is 2.92. The average molecular weight is 222 g/mol. The van der Waals surface area contributed by atoms with Gasteiger partial charge in [0, 0.05) is 17.9 Å². The molecule has 1 aliphatic rings. The normalized spacial score (nSPS) is 16.2. The summed E-state index contributed by atoms with van der Waals surface area (Å²) in [6, 6.07) is 5.97. The van der Waals surface area contributed by atoms with Crippen LogP contribution in [0.2, 0.25) is 0 Å². The molecule has 4 nitrogen and oxygen atoms in total. The highest BCUT2D eigenvalue weighted by Crippen LogP contribution is 2.31. The van der Waals surface area contributed by atoms with Gasteiger partial charge in [-0.15, -0.1) is 0 Å². The van der Waals surface area contributed by atoms with Crippen molar-refractivity contribution in [3.63, 3.8) is 0 Å². The first-order chi connectivity index (χ1) is 7.72. The van der Waals surface area contributed by atoms with E-state index in [1.54, 1.807) is 0 Å². The summed E-state index contributed by atoms with van der Waals surface area (Å²) in [5.41, 5.74) is 9.03. The lowest BCUT2D eigenvalue weighted by Crippen LogP contribution is -2.34. The van der Waals surface area contributed by atoms with Crippen molar-refractivity contribution in [3.05, 3.63) is 23.8 Å². The summed E-state index contributed by atoms with van der Waals surface area (Å²) in [6.07, 6.45) is 1.00. The SMILES string of the molecule is CC(OCCO)N1CCc2cc(N)ccc21. The third kappa shape index (κ3) is 2.13. The number of aliphatic hydroxyl groups excluding tert-OH is 1. The molecule has 0 saturated heterocycles. The molecule has 3 N–H and O–H groups in total. The van der Waals surface area contributed by atoms with Crippen LogP contribution in [0.1, 0.15) is 12.5 Å². The summed E-state index contributed by atoms with van der Waals surface area (Å²) in [4.78, 5) is 2.20. The Labute approximate surface area is 95.6 Å². The third-order valence-electron chi connectivity index (χ3n) is 2.92. The number of aliphatic hydroxyl groups is 1. The molecule has 0 radical (unpaired) electrons. The number of nitrogens with zero attached hydrogens (tertiary/aromatic N) is 1. The van der Waals surface area contributed by atoms with Crippen molar-refractivity contribution in [2.75, 3.05) is 30.4 Å². The van der Waals surface area contributed by atoms with Gasteiger partial charge in [-0.05, 0) is 37.1 Å². The van der Waals surface area contributed by atoms with E-state index >= 15 is 0 Å². The molecule has 4 heteroatoms. The molecule has 1 aromatic carbocycles. The molecular weight excluding hydrogens is 204 g/mol. The van der Waals surface area contributed by atoms with Crippen molar-refractivity contribution in [1.29, 1.82) is 0 Å². The Morgan fingerprint density at radius 3 is 3.12 bits per heavy atom. The molecule has 1 atom stereocenters. The molecule has 1 aliphatic heterocycles. The first-order valence-corrected chi connectivity index (χ1v) is 5.60. The molecule has 0 saturated carbocycles. The first kappa shape index (κ1) is 11.2. The predicted octanol–water partition coefficient (Wildman–Crippen LogP) is 0.986. The fourth-order valence-electron chi connectivity index (χ4n) is 2.14. The lowest BCUT2D eigenvalue weighted by Gasteiger charge is -2.27. The van der Waals surface area contributed by atoms with Crippen LogP contribution in [0, 0.1) is 0 Å². The van der Waals surface area contributed by atoms with Gasteiger partial charge in [0.25, 0.3) is 0 Å². The van der Waals surface area contributed by atoms with E-state index in [9.17, 15) is 0 Å². The molecule has 1 heterocycles. The van der Waals surface area contributed by atoms with Gasteiger partial charge >= 0.3 is 0 Å². The van der Waals surface area contributed by atoms with E-state index in [1.807, 2.05) is 25.1 Å². The number of hydrogen-bond acceptors (Lipinski definition) is 4. The second-order valence-corrected chi connectivity index (χ2v) is 4.03. The second kappa shape index (κ2) is 4.72. The summed E-state index contributed by atoms with van der Waals surface area (Å²) >= 11 is 0. The number of rotatable bonds is 4. The molecule has 0 spiro atoms. The van der Waals surface area contributed by atoms with E-state index in [2.05, 4.69) is 4.90 Å². The zero-order chi connectivity index (χ0) is 11.5. The van der Waals surface area contributed by atoms with Crippen LogP contribution in [-0.4, -0.2) is 31.1 Å². The van der Waals surface area contributed by atoms with Gasteiger partial charge in [-0.1, -0.05) is 0 Å². The van der Waals surface area contributed by atoms with Gasteiger partial charge in [-0.3, -0.25) is 0 Å². The maximum Gasteiger partial charge on any atom is 0.127 e. The molecule has 2 rings (SSSR count). The van der Waals surface area contributed by atoms with Gasteiger partial charge in [0.05, 0.1) is 13.2 Å². The van der Waals surface area contributed by atoms with Crippen LogP contribution in [0.3, 0.4) is 0 Å². The van der Waals surface area contributed by atoms with Crippen molar-refractivity contribution >= 4 is 11.4 Å². The Hall–Kier alpha value is -1.26. The van der Waals surface area contributed by atoms with E-state index in [-0.39, 0.29) is 12.8 Å². The van der Waals surface area contributed by atoms with Crippen molar-refractivity contribution in [3.8, 4) is 0 Å². The number of ether oxygens (including phenoxy) is 1. The number of fused-ring (bicyclic) bond motifs is 1. The number of nitrogen functional groups attached to an aromatic ring is 1. The Kier molecular flexibility index (Phi) is 3.31. The number of benzene rings is 1. The quantitative estimate of drug-likeness (QED) is 0.746. The van der Waals surface area contributed by atoms with Crippen LogP contribution in [-0.2, 0) is 11.2 Å². The molecule has 0 fully saturated rings. The van der Waals surface area contributed by atoms with Crippen molar-refractivity contribution in [2.45, 2.75) is 19.6 Å². The minimum Gasteiger partial charge on any atom is -0.399 e. The maximum atomic E-state index is 8.73. The predicted molar refractivity (Wildman–Crippen MR) is 64.4 cm³/mol. The van der Waals surface area contributed by atoms with Gasteiger partial charge in [0.2, 0.25) is 0 Å². The van der Waals surface area contributed by atoms with Gasteiger partial charge < -0.3 is 20.5 Å². The topological polar surface area (TPSA) is 58.7 Å². The molecule has 0 bridgehead atoms. The summed E-state index contributed by atoms with van der Waals surface area (Å²) in [7, 11) is 0. The highest BCUT2D eigenvalue weighted by atomic mass is 16.5. The summed E-state index contributed by atoms with van der Waals surface area (Å²) in [6.45, 7) is 3.39. The van der Waals surface area contributed by atoms with Crippen LogP contribution >= 0.6 is 0 Å². The molecule has 0 aromatic heterocycles. The van der Waals surface area contributed by atoms with Crippen LogP contribution < -0.4 is 10.6 Å². The van der Waals surface area contributed by atoms with Gasteiger partial charge in [0.15, 0.2) is 0 Å². The van der Waals surface area contributed by atoms with Crippen LogP contribution in [0.5, 0.6) is 0 Å². The van der Waals surface area contributed by atoms with E-state index in [0.29, 0.717) is 6.61 Å². The van der Waals surface area contributed by atoms with E-state index in [0.717, 1.165) is 18.7 Å². The van der Waals surface area contributed by atoms with E-state index < -0.39 is 0 Å². The summed E-state index contributed by atoms with van der Waals surface area (Å²) < 4.78 is 5.51. The maximum absolute atomic E-state index is 8.73. The zero-order valence-electron chi connectivity index (χ0n) is 9.52. The van der Waals surface area contributed by atoms with Gasteiger partial charge in [0.1, 0.15) is 6.23 Å². The van der Waals surface area contributed by atoms with Gasteiger partial charge in [-0.2, -0.15) is 0 Å². The molecule has 16 heavy (non-hydrogen) atoms. The fraction of sp³-hybridized carbons (Fsp3) is 0.500. The number of hydrogen-bond donors (Lipinski definition) is 2. The van der Waals surface area contributed by atoms with E-state index in [4.69, 9.17) is 15.6 Å². The van der Waals surface area contributed by atoms with Gasteiger partial charge in [-0.25, -0.2) is 0 Å².